The van der Waals surface area contributed by atoms with E-state index in [2.05, 4.69) is 11.8 Å². The van der Waals surface area contributed by atoms with Gasteiger partial charge in [0.2, 0.25) is 0 Å². The normalized spacial score (nSPS) is 19.3. The van der Waals surface area contributed by atoms with Gasteiger partial charge in [-0.3, -0.25) is 19.3 Å². The number of primary amides is 1. The molecule has 208 valence electrons. The molecule has 2 saturated heterocycles. The minimum absolute atomic E-state index is 0.0208. The maximum absolute atomic E-state index is 13.3. The Morgan fingerprint density at radius 2 is 1.64 bits per heavy atom. The number of Topliss-reactive ketones (excluding diaryl/α,β-unsaturated/α-hetero) is 1. The summed E-state index contributed by atoms with van der Waals surface area (Å²) in [7, 11) is 0. The van der Waals surface area contributed by atoms with E-state index in [0.717, 1.165) is 25.9 Å². The molecule has 0 radical (unpaired) electrons. The zero-order valence-corrected chi connectivity index (χ0v) is 22.1. The van der Waals surface area contributed by atoms with Gasteiger partial charge in [-0.25, -0.2) is 0 Å². The molecule has 2 aliphatic heterocycles. The Kier molecular flexibility index (Phi) is 9.56. The van der Waals surface area contributed by atoms with Gasteiger partial charge in [0.05, 0.1) is 31.4 Å². The summed E-state index contributed by atoms with van der Waals surface area (Å²) in [6.07, 6.45) is 1.95. The monoisotopic (exact) mass is 537 g/mol. The predicted octanol–water partition coefficient (Wildman–Crippen LogP) is 2.48. The van der Waals surface area contributed by atoms with Crippen LogP contribution in [0.1, 0.15) is 36.9 Å². The number of ketones is 1. The molecule has 10 heteroatoms. The molecule has 2 amide bonds. The molecule has 0 spiro atoms. The minimum atomic E-state index is -0.795. The molecule has 10 nitrogen and oxygen atoms in total. The summed E-state index contributed by atoms with van der Waals surface area (Å²) in [6, 6.07) is 12.7. The van der Waals surface area contributed by atoms with Crippen LogP contribution in [0.2, 0.25) is 0 Å². The van der Waals surface area contributed by atoms with Crippen LogP contribution in [0, 0.1) is 0 Å². The van der Waals surface area contributed by atoms with Gasteiger partial charge >= 0.3 is 0 Å². The van der Waals surface area contributed by atoms with E-state index in [-0.39, 0.29) is 17.9 Å². The smallest absolute Gasteiger partial charge is 0.295 e. The molecule has 2 aliphatic rings. The third kappa shape index (κ3) is 6.96. The number of amides is 2. The molecule has 0 saturated carbocycles. The van der Waals surface area contributed by atoms with Gasteiger partial charge in [-0.05, 0) is 48.4 Å². The number of carbonyl (C=O) groups is 3. The number of hydrogen-bond acceptors (Lipinski definition) is 8. The fourth-order valence-corrected chi connectivity index (χ4v) is 4.63. The number of nitrogens with two attached hydrogens (primary N) is 1. The van der Waals surface area contributed by atoms with Crippen molar-refractivity contribution >= 4 is 23.4 Å². The highest BCUT2D eigenvalue weighted by Gasteiger charge is 2.46. The van der Waals surface area contributed by atoms with Gasteiger partial charge in [0, 0.05) is 31.7 Å². The van der Waals surface area contributed by atoms with Crippen LogP contribution in [0.4, 0.5) is 0 Å². The van der Waals surface area contributed by atoms with Crippen molar-refractivity contribution in [3.8, 4) is 11.5 Å². The number of likely N-dealkylation sites (tertiary alicyclic amines) is 1. The van der Waals surface area contributed by atoms with Crippen molar-refractivity contribution in [2.75, 3.05) is 52.6 Å². The number of aliphatic hydroxyl groups excluding tert-OH is 1. The molecule has 2 aromatic rings. The largest absolute Gasteiger partial charge is 0.507 e. The summed E-state index contributed by atoms with van der Waals surface area (Å²) in [4.78, 5) is 41.3. The zero-order chi connectivity index (χ0) is 27.8. The Hall–Kier alpha value is -3.89. The van der Waals surface area contributed by atoms with E-state index in [1.165, 1.54) is 4.90 Å². The molecule has 1 unspecified atom stereocenters. The maximum atomic E-state index is 13.3. The third-order valence-corrected chi connectivity index (χ3v) is 6.77. The number of morpholine rings is 1. The fourth-order valence-electron chi connectivity index (χ4n) is 4.63. The Morgan fingerprint density at radius 3 is 2.28 bits per heavy atom. The molecule has 0 bridgehead atoms. The Morgan fingerprint density at radius 1 is 1.00 bits per heavy atom. The lowest BCUT2D eigenvalue weighted by molar-refractivity contribution is -0.140. The molecule has 1 atom stereocenters. The summed E-state index contributed by atoms with van der Waals surface area (Å²) < 4.78 is 16.5. The summed E-state index contributed by atoms with van der Waals surface area (Å²) in [5.41, 5.74) is 6.22. The van der Waals surface area contributed by atoms with Crippen molar-refractivity contribution in [3.63, 3.8) is 0 Å². The van der Waals surface area contributed by atoms with Gasteiger partial charge in [-0.15, -0.1) is 0 Å². The van der Waals surface area contributed by atoms with Crippen LogP contribution in [-0.2, 0) is 19.1 Å². The first-order chi connectivity index (χ1) is 18.9. The van der Waals surface area contributed by atoms with Crippen LogP contribution < -0.4 is 15.2 Å². The molecule has 0 aliphatic carbocycles. The van der Waals surface area contributed by atoms with Crippen molar-refractivity contribution < 1.29 is 33.7 Å². The lowest BCUT2D eigenvalue weighted by Crippen LogP contribution is -2.42. The van der Waals surface area contributed by atoms with Gasteiger partial charge in [-0.1, -0.05) is 25.5 Å². The first-order valence-electron chi connectivity index (χ1n) is 13.2. The lowest BCUT2D eigenvalue weighted by atomic mass is 9.95. The fraction of sp³-hybridized carbons (Fsp3) is 0.414. The van der Waals surface area contributed by atoms with E-state index in [1.807, 2.05) is 0 Å². The van der Waals surface area contributed by atoms with Crippen LogP contribution in [0.25, 0.3) is 5.76 Å². The molecular weight excluding hydrogens is 502 g/mol. The number of carbonyl (C=O) groups excluding carboxylic acids is 3. The standard InChI is InChI=1S/C29H35N3O7/c1-2-3-16-38-22-10-6-21(7-11-22)27(34)25-26(20-4-8-23(9-5-20)39-19-24(30)33)32(29(36)28(25)35)13-12-31-14-17-37-18-15-31/h4-11,26,34H,2-3,12-19H2,1H3,(H2,30,33). The molecular formula is C29H35N3O7. The highest BCUT2D eigenvalue weighted by Crippen LogP contribution is 2.40. The number of ether oxygens (including phenoxy) is 3. The summed E-state index contributed by atoms with van der Waals surface area (Å²) in [5, 5.41) is 11.3. The van der Waals surface area contributed by atoms with Crippen molar-refractivity contribution in [2.24, 2.45) is 5.73 Å². The maximum Gasteiger partial charge on any atom is 0.295 e. The second-order valence-corrected chi connectivity index (χ2v) is 9.50. The van der Waals surface area contributed by atoms with E-state index in [1.54, 1.807) is 48.5 Å². The first-order valence-corrected chi connectivity index (χ1v) is 13.2. The van der Waals surface area contributed by atoms with E-state index < -0.39 is 23.6 Å². The number of benzene rings is 2. The van der Waals surface area contributed by atoms with Crippen molar-refractivity contribution in [1.82, 2.24) is 9.80 Å². The van der Waals surface area contributed by atoms with Gasteiger partial charge in [0.1, 0.15) is 17.3 Å². The van der Waals surface area contributed by atoms with Crippen molar-refractivity contribution in [3.05, 3.63) is 65.2 Å². The summed E-state index contributed by atoms with van der Waals surface area (Å²) >= 11 is 0. The lowest BCUT2D eigenvalue weighted by Gasteiger charge is -2.31. The molecule has 2 fully saturated rings. The third-order valence-electron chi connectivity index (χ3n) is 6.77. The number of nitrogens with zero attached hydrogens (tertiary/aromatic N) is 2. The Labute approximate surface area is 227 Å². The zero-order valence-electron chi connectivity index (χ0n) is 22.1. The highest BCUT2D eigenvalue weighted by molar-refractivity contribution is 6.46. The quantitative estimate of drug-likeness (QED) is 0.183. The van der Waals surface area contributed by atoms with E-state index >= 15 is 0 Å². The van der Waals surface area contributed by atoms with Crippen LogP contribution in [0.5, 0.6) is 11.5 Å². The number of unbranched alkanes of at least 4 members (excludes halogenated alkanes) is 1. The van der Waals surface area contributed by atoms with Gasteiger partial charge in [-0.2, -0.15) is 0 Å². The van der Waals surface area contributed by atoms with E-state index in [0.29, 0.717) is 55.5 Å². The van der Waals surface area contributed by atoms with E-state index in [4.69, 9.17) is 19.9 Å². The van der Waals surface area contributed by atoms with Crippen molar-refractivity contribution in [2.45, 2.75) is 25.8 Å². The average molecular weight is 538 g/mol. The number of rotatable bonds is 12. The topological polar surface area (TPSA) is 132 Å². The van der Waals surface area contributed by atoms with E-state index in [9.17, 15) is 19.5 Å². The van der Waals surface area contributed by atoms with Crippen molar-refractivity contribution in [1.29, 1.82) is 0 Å². The SMILES string of the molecule is CCCCOc1ccc(C(O)=C2C(=O)C(=O)N(CCN3CCOCC3)C2c2ccc(OCC(N)=O)cc2)cc1. The van der Waals surface area contributed by atoms with Crippen LogP contribution in [0.15, 0.2) is 54.1 Å². The predicted molar refractivity (Wildman–Crippen MR) is 144 cm³/mol. The average Bonchev–Trinajstić information content (AvgIpc) is 3.21. The molecule has 2 heterocycles. The first kappa shape index (κ1) is 28.1. The molecule has 39 heavy (non-hydrogen) atoms. The second kappa shape index (κ2) is 13.3. The second-order valence-electron chi connectivity index (χ2n) is 9.50. The van der Waals surface area contributed by atoms with Gasteiger partial charge in [0.15, 0.2) is 6.61 Å². The molecule has 2 aromatic carbocycles. The minimum Gasteiger partial charge on any atom is -0.507 e. The highest BCUT2D eigenvalue weighted by atomic mass is 16.5. The summed E-state index contributed by atoms with van der Waals surface area (Å²) in [6.45, 7) is 6.00. The molecule has 0 aromatic heterocycles. The Balaban J connectivity index is 1.64. The number of aliphatic hydroxyl groups is 1. The summed E-state index contributed by atoms with van der Waals surface area (Å²) in [5.74, 6) is -1.17. The molecule has 3 N–H and O–H groups in total. The van der Waals surface area contributed by atoms with Crippen LogP contribution >= 0.6 is 0 Å². The Bertz CT molecular complexity index is 1190. The van der Waals surface area contributed by atoms with Gasteiger partial charge in [0.25, 0.3) is 17.6 Å². The van der Waals surface area contributed by atoms with Crippen LogP contribution in [-0.4, -0.2) is 85.1 Å². The van der Waals surface area contributed by atoms with Gasteiger partial charge < -0.3 is 30.0 Å². The molecule has 4 rings (SSSR count). The number of hydrogen-bond donors (Lipinski definition) is 2. The van der Waals surface area contributed by atoms with Crippen LogP contribution in [0.3, 0.4) is 0 Å².